The van der Waals surface area contributed by atoms with Gasteiger partial charge >= 0.3 is 5.97 Å². The number of carbonyl (C=O) groups is 2. The second-order valence-corrected chi connectivity index (χ2v) is 6.05. The molecule has 0 saturated carbocycles. The van der Waals surface area contributed by atoms with Crippen LogP contribution in [0.4, 0.5) is 0 Å². The first kappa shape index (κ1) is 16.2. The van der Waals surface area contributed by atoms with E-state index in [1.165, 1.54) is 6.07 Å². The van der Waals surface area contributed by atoms with Crippen LogP contribution < -0.4 is 10.1 Å². The molecule has 0 fully saturated rings. The van der Waals surface area contributed by atoms with Crippen LogP contribution in [-0.4, -0.2) is 25.0 Å². The minimum absolute atomic E-state index is 0.263. The van der Waals surface area contributed by atoms with Crippen molar-refractivity contribution in [2.45, 2.75) is 13.0 Å². The fraction of sp³-hybridized carbons (Fsp3) is 0.200. The van der Waals surface area contributed by atoms with Gasteiger partial charge in [0.1, 0.15) is 24.0 Å². The fourth-order valence-electron chi connectivity index (χ4n) is 2.99. The Morgan fingerprint density at radius 2 is 2.08 bits per heavy atom. The topological polar surface area (TPSA) is 77.8 Å². The number of fused-ring (bicyclic) bond motifs is 2. The van der Waals surface area contributed by atoms with Gasteiger partial charge < -0.3 is 19.2 Å². The molecule has 2 aromatic carbocycles. The standard InChI is InChI=1S/C20H17NO5/c1-12(16-11-25-17-5-3-2-4-14(16)17)26-20(23)13-6-7-18-15(10-13)19(22)21-8-9-24-18/h2-7,10-12H,8-9H2,1H3,(H,21,22)/t12-/m0/s1. The summed E-state index contributed by atoms with van der Waals surface area (Å²) < 4.78 is 16.6. The zero-order valence-electron chi connectivity index (χ0n) is 14.2. The van der Waals surface area contributed by atoms with E-state index in [0.29, 0.717) is 30.0 Å². The quantitative estimate of drug-likeness (QED) is 0.731. The van der Waals surface area contributed by atoms with Crippen LogP contribution in [0.15, 0.2) is 53.1 Å². The van der Waals surface area contributed by atoms with Gasteiger partial charge in [0.15, 0.2) is 0 Å². The van der Waals surface area contributed by atoms with Gasteiger partial charge in [-0.25, -0.2) is 4.79 Å². The third-order valence-corrected chi connectivity index (χ3v) is 4.34. The molecule has 4 rings (SSSR count). The number of ether oxygens (including phenoxy) is 2. The molecule has 0 saturated heterocycles. The number of hydrogen-bond donors (Lipinski definition) is 1. The Balaban J connectivity index is 1.57. The lowest BCUT2D eigenvalue weighted by Gasteiger charge is -2.13. The van der Waals surface area contributed by atoms with E-state index in [0.717, 1.165) is 16.5 Å². The van der Waals surface area contributed by atoms with Crippen LogP contribution >= 0.6 is 0 Å². The van der Waals surface area contributed by atoms with E-state index in [1.54, 1.807) is 25.3 Å². The minimum Gasteiger partial charge on any atom is -0.491 e. The minimum atomic E-state index is -0.511. The van der Waals surface area contributed by atoms with E-state index in [9.17, 15) is 9.59 Å². The number of furan rings is 1. The zero-order valence-corrected chi connectivity index (χ0v) is 14.2. The molecule has 3 aromatic rings. The van der Waals surface area contributed by atoms with Gasteiger partial charge in [-0.15, -0.1) is 0 Å². The highest BCUT2D eigenvalue weighted by Gasteiger charge is 2.22. The predicted molar refractivity (Wildman–Crippen MR) is 94.3 cm³/mol. The summed E-state index contributed by atoms with van der Waals surface area (Å²) in [6, 6.07) is 12.3. The third kappa shape index (κ3) is 2.90. The molecular formula is C20H17NO5. The van der Waals surface area contributed by atoms with Gasteiger partial charge in [-0.05, 0) is 31.2 Å². The molecule has 1 amide bonds. The van der Waals surface area contributed by atoms with E-state index in [2.05, 4.69) is 5.32 Å². The molecule has 6 heteroatoms. The second-order valence-electron chi connectivity index (χ2n) is 6.05. The van der Waals surface area contributed by atoms with Crippen LogP contribution in [0, 0.1) is 0 Å². The van der Waals surface area contributed by atoms with Crippen molar-refractivity contribution in [2.24, 2.45) is 0 Å². The van der Waals surface area contributed by atoms with Crippen molar-refractivity contribution >= 4 is 22.8 Å². The van der Waals surface area contributed by atoms with E-state index < -0.39 is 12.1 Å². The van der Waals surface area contributed by atoms with Gasteiger partial charge in [-0.2, -0.15) is 0 Å². The van der Waals surface area contributed by atoms with Gasteiger partial charge in [0, 0.05) is 10.9 Å². The summed E-state index contributed by atoms with van der Waals surface area (Å²) in [4.78, 5) is 24.6. The summed E-state index contributed by atoms with van der Waals surface area (Å²) in [5, 5.41) is 3.63. The predicted octanol–water partition coefficient (Wildman–Crippen LogP) is 3.47. The maximum atomic E-state index is 12.5. The van der Waals surface area contributed by atoms with Crippen LogP contribution in [0.2, 0.25) is 0 Å². The van der Waals surface area contributed by atoms with Crippen molar-refractivity contribution in [1.29, 1.82) is 0 Å². The summed E-state index contributed by atoms with van der Waals surface area (Å²) in [5.41, 5.74) is 2.16. The smallest absolute Gasteiger partial charge is 0.338 e. The first-order valence-electron chi connectivity index (χ1n) is 8.35. The monoisotopic (exact) mass is 351 g/mol. The molecule has 0 spiro atoms. The summed E-state index contributed by atoms with van der Waals surface area (Å²) >= 11 is 0. The van der Waals surface area contributed by atoms with Crippen LogP contribution in [0.3, 0.4) is 0 Å². The first-order chi connectivity index (χ1) is 12.6. The van der Waals surface area contributed by atoms with Gasteiger partial charge in [-0.1, -0.05) is 18.2 Å². The highest BCUT2D eigenvalue weighted by Crippen LogP contribution is 2.29. The molecule has 0 aliphatic carbocycles. The van der Waals surface area contributed by atoms with Crippen molar-refractivity contribution in [3.63, 3.8) is 0 Å². The maximum Gasteiger partial charge on any atom is 0.338 e. The number of benzene rings is 2. The first-order valence-corrected chi connectivity index (χ1v) is 8.35. The number of carbonyl (C=O) groups excluding carboxylic acids is 2. The fourth-order valence-corrected chi connectivity index (χ4v) is 2.99. The Bertz CT molecular complexity index is 991. The Morgan fingerprint density at radius 3 is 2.96 bits per heavy atom. The number of esters is 1. The Morgan fingerprint density at radius 1 is 1.23 bits per heavy atom. The number of amides is 1. The molecule has 1 aromatic heterocycles. The lowest BCUT2D eigenvalue weighted by Crippen LogP contribution is -2.24. The molecule has 0 radical (unpaired) electrons. The van der Waals surface area contributed by atoms with E-state index in [-0.39, 0.29) is 5.91 Å². The summed E-state index contributed by atoms with van der Waals surface area (Å²) in [6.45, 7) is 2.61. The summed E-state index contributed by atoms with van der Waals surface area (Å²) in [5.74, 6) is -0.311. The molecule has 1 atom stereocenters. The molecule has 1 N–H and O–H groups in total. The zero-order chi connectivity index (χ0) is 18.1. The van der Waals surface area contributed by atoms with Crippen molar-refractivity contribution in [2.75, 3.05) is 13.2 Å². The van der Waals surface area contributed by atoms with E-state index in [1.807, 2.05) is 24.3 Å². The molecule has 1 aliphatic rings. The Labute approximate surface area is 149 Å². The number of rotatable bonds is 3. The third-order valence-electron chi connectivity index (χ3n) is 4.34. The van der Waals surface area contributed by atoms with Crippen LogP contribution in [0.25, 0.3) is 11.0 Å². The molecule has 2 heterocycles. The number of nitrogens with one attached hydrogen (secondary N) is 1. The lowest BCUT2D eigenvalue weighted by molar-refractivity contribution is 0.0339. The van der Waals surface area contributed by atoms with Crippen molar-refractivity contribution in [3.8, 4) is 5.75 Å². The number of hydrogen-bond acceptors (Lipinski definition) is 5. The van der Waals surface area contributed by atoms with Crippen molar-refractivity contribution in [3.05, 3.63) is 65.4 Å². The van der Waals surface area contributed by atoms with E-state index in [4.69, 9.17) is 13.9 Å². The second kappa shape index (κ2) is 6.55. The average molecular weight is 351 g/mol. The van der Waals surface area contributed by atoms with Crippen molar-refractivity contribution < 1.29 is 23.5 Å². The largest absolute Gasteiger partial charge is 0.491 e. The average Bonchev–Trinajstić information content (AvgIpc) is 3.00. The van der Waals surface area contributed by atoms with Crippen LogP contribution in [0.1, 0.15) is 39.3 Å². The van der Waals surface area contributed by atoms with Crippen LogP contribution in [-0.2, 0) is 4.74 Å². The molecule has 132 valence electrons. The highest BCUT2D eigenvalue weighted by atomic mass is 16.5. The van der Waals surface area contributed by atoms with E-state index >= 15 is 0 Å². The Kier molecular flexibility index (Phi) is 4.08. The molecule has 0 unspecified atom stereocenters. The highest BCUT2D eigenvalue weighted by molar-refractivity contribution is 6.00. The SMILES string of the molecule is C[C@H](OC(=O)c1ccc2c(c1)C(=O)NCCO2)c1coc2ccccc12. The Hall–Kier alpha value is -3.28. The molecule has 6 nitrogen and oxygen atoms in total. The van der Waals surface area contributed by atoms with Gasteiger partial charge in [0.25, 0.3) is 5.91 Å². The molecule has 0 bridgehead atoms. The lowest BCUT2D eigenvalue weighted by atomic mass is 10.1. The van der Waals surface area contributed by atoms with Crippen molar-refractivity contribution in [1.82, 2.24) is 5.32 Å². The normalized spacial score (nSPS) is 14.7. The maximum absolute atomic E-state index is 12.5. The van der Waals surface area contributed by atoms with Crippen LogP contribution in [0.5, 0.6) is 5.75 Å². The van der Waals surface area contributed by atoms with Gasteiger partial charge in [-0.3, -0.25) is 4.79 Å². The summed E-state index contributed by atoms with van der Waals surface area (Å²) in [7, 11) is 0. The number of para-hydroxylation sites is 1. The molecule has 26 heavy (non-hydrogen) atoms. The summed E-state index contributed by atoms with van der Waals surface area (Å²) in [6.07, 6.45) is 1.11. The van der Waals surface area contributed by atoms with Gasteiger partial charge in [0.2, 0.25) is 0 Å². The molecular weight excluding hydrogens is 334 g/mol. The molecule has 1 aliphatic heterocycles. The van der Waals surface area contributed by atoms with Gasteiger partial charge in [0.05, 0.1) is 23.9 Å².